The zero-order valence-electron chi connectivity index (χ0n) is 10.4. The van der Waals surface area contributed by atoms with Crippen LogP contribution in [0.1, 0.15) is 5.56 Å². The molecule has 1 saturated heterocycles. The van der Waals surface area contributed by atoms with Crippen LogP contribution in [0.25, 0.3) is 0 Å². The molecule has 0 amide bonds. The number of aromatic nitrogens is 1. The van der Waals surface area contributed by atoms with E-state index in [2.05, 4.69) is 9.88 Å². The fourth-order valence-electron chi connectivity index (χ4n) is 2.13. The van der Waals surface area contributed by atoms with Gasteiger partial charge < -0.3 is 14.4 Å². The van der Waals surface area contributed by atoms with Crippen LogP contribution in [0.15, 0.2) is 12.3 Å². The van der Waals surface area contributed by atoms with Gasteiger partial charge in [-0.25, -0.2) is 4.98 Å². The monoisotopic (exact) mass is 290 g/mol. The van der Waals surface area contributed by atoms with Crippen molar-refractivity contribution in [2.45, 2.75) is 18.1 Å². The number of rotatable bonds is 4. The summed E-state index contributed by atoms with van der Waals surface area (Å²) in [4.78, 5) is 6.45. The number of methoxy groups -OCH3 is 2. The minimum atomic E-state index is 0.0620. The summed E-state index contributed by atoms with van der Waals surface area (Å²) in [5, 5.41) is 0.597. The summed E-state index contributed by atoms with van der Waals surface area (Å²) in [5.41, 5.74) is 0.887. The highest BCUT2D eigenvalue weighted by molar-refractivity contribution is 6.32. The molecule has 6 heteroatoms. The topological polar surface area (TPSA) is 34.6 Å². The van der Waals surface area contributed by atoms with E-state index < -0.39 is 0 Å². The van der Waals surface area contributed by atoms with Crippen LogP contribution in [0, 0.1) is 0 Å². The van der Waals surface area contributed by atoms with Crippen molar-refractivity contribution in [1.82, 2.24) is 4.98 Å². The zero-order valence-corrected chi connectivity index (χ0v) is 11.9. The third kappa shape index (κ3) is 2.72. The molecule has 4 nitrogen and oxygen atoms in total. The average Bonchev–Trinajstić information content (AvgIpc) is 2.82. The van der Waals surface area contributed by atoms with E-state index in [-0.39, 0.29) is 12.2 Å². The molecule has 1 aromatic rings. The quantitative estimate of drug-likeness (QED) is 0.797. The van der Waals surface area contributed by atoms with Crippen molar-refractivity contribution in [1.29, 1.82) is 0 Å². The maximum absolute atomic E-state index is 6.00. The number of halogens is 2. The first kappa shape index (κ1) is 13.9. The normalized spacial score (nSPS) is 23.7. The SMILES string of the molecule is COC1CN(c2cc(CCl)c(Cl)cn2)CC1OC. The van der Waals surface area contributed by atoms with Crippen molar-refractivity contribution in [2.75, 3.05) is 32.2 Å². The molecule has 1 fully saturated rings. The van der Waals surface area contributed by atoms with Gasteiger partial charge in [-0.05, 0) is 11.6 Å². The lowest BCUT2D eigenvalue weighted by atomic mass is 10.3. The number of nitrogens with zero attached hydrogens (tertiary/aromatic N) is 2. The second kappa shape index (κ2) is 6.06. The van der Waals surface area contributed by atoms with Crippen molar-refractivity contribution in [3.8, 4) is 0 Å². The molecule has 0 bridgehead atoms. The average molecular weight is 291 g/mol. The van der Waals surface area contributed by atoms with Gasteiger partial charge in [0.2, 0.25) is 0 Å². The molecule has 0 spiro atoms. The Hall–Kier alpha value is -0.550. The van der Waals surface area contributed by atoms with Gasteiger partial charge in [0.05, 0.1) is 5.02 Å². The molecule has 0 saturated carbocycles. The van der Waals surface area contributed by atoms with Crippen molar-refractivity contribution in [3.05, 3.63) is 22.8 Å². The minimum Gasteiger partial charge on any atom is -0.377 e. The lowest BCUT2D eigenvalue weighted by Gasteiger charge is -2.17. The van der Waals surface area contributed by atoms with Gasteiger partial charge in [0.1, 0.15) is 18.0 Å². The van der Waals surface area contributed by atoms with Crippen LogP contribution in [0.4, 0.5) is 5.82 Å². The first-order chi connectivity index (χ1) is 8.69. The summed E-state index contributed by atoms with van der Waals surface area (Å²) in [6.45, 7) is 1.51. The Balaban J connectivity index is 2.18. The summed E-state index contributed by atoms with van der Waals surface area (Å²) >= 11 is 11.8. The van der Waals surface area contributed by atoms with Gasteiger partial charge in [-0.1, -0.05) is 11.6 Å². The summed E-state index contributed by atoms with van der Waals surface area (Å²) in [6.07, 6.45) is 1.76. The lowest BCUT2D eigenvalue weighted by Crippen LogP contribution is -2.27. The van der Waals surface area contributed by atoms with Crippen LogP contribution >= 0.6 is 23.2 Å². The maximum Gasteiger partial charge on any atom is 0.129 e. The molecule has 2 unspecified atom stereocenters. The molecular formula is C12H16Cl2N2O2. The molecule has 1 aliphatic rings. The van der Waals surface area contributed by atoms with Crippen LogP contribution < -0.4 is 4.90 Å². The largest absolute Gasteiger partial charge is 0.377 e. The summed E-state index contributed by atoms with van der Waals surface area (Å²) in [6, 6.07) is 1.92. The van der Waals surface area contributed by atoms with Gasteiger partial charge in [0.25, 0.3) is 0 Å². The first-order valence-electron chi connectivity index (χ1n) is 5.70. The highest BCUT2D eigenvalue weighted by Crippen LogP contribution is 2.26. The van der Waals surface area contributed by atoms with Crippen LogP contribution in [0.2, 0.25) is 5.02 Å². The maximum atomic E-state index is 6.00. The summed E-state index contributed by atoms with van der Waals surface area (Å²) in [7, 11) is 3.39. The second-order valence-electron chi connectivity index (χ2n) is 4.22. The Morgan fingerprint density at radius 1 is 1.33 bits per heavy atom. The van der Waals surface area contributed by atoms with Crippen molar-refractivity contribution >= 4 is 29.0 Å². The number of hydrogen-bond donors (Lipinski definition) is 0. The number of ether oxygens (including phenoxy) is 2. The van der Waals surface area contributed by atoms with Gasteiger partial charge >= 0.3 is 0 Å². The number of anilines is 1. The standard InChI is InChI=1S/C12H16Cl2N2O2/c1-17-10-6-16(7-11(10)18-2)12-3-8(4-13)9(14)5-15-12/h3,5,10-11H,4,6-7H2,1-2H3. The predicted molar refractivity (Wildman–Crippen MR) is 72.6 cm³/mol. The zero-order chi connectivity index (χ0) is 13.1. The third-order valence-electron chi connectivity index (χ3n) is 3.21. The number of hydrogen-bond acceptors (Lipinski definition) is 4. The highest BCUT2D eigenvalue weighted by atomic mass is 35.5. The van der Waals surface area contributed by atoms with Gasteiger partial charge in [-0.15, -0.1) is 11.6 Å². The molecule has 1 aromatic heterocycles. The van der Waals surface area contributed by atoms with E-state index in [1.807, 2.05) is 6.07 Å². The van der Waals surface area contributed by atoms with Gasteiger partial charge in [0, 0.05) is 39.4 Å². The third-order valence-corrected chi connectivity index (χ3v) is 3.84. The van der Waals surface area contributed by atoms with Crippen molar-refractivity contribution in [3.63, 3.8) is 0 Å². The Morgan fingerprint density at radius 2 is 1.94 bits per heavy atom. The van der Waals surface area contributed by atoms with Crippen LogP contribution in [-0.2, 0) is 15.4 Å². The summed E-state index contributed by atoms with van der Waals surface area (Å²) in [5.74, 6) is 1.24. The van der Waals surface area contributed by atoms with Crippen LogP contribution in [0.5, 0.6) is 0 Å². The van der Waals surface area contributed by atoms with E-state index in [1.165, 1.54) is 0 Å². The van der Waals surface area contributed by atoms with Gasteiger partial charge in [0.15, 0.2) is 0 Å². The smallest absolute Gasteiger partial charge is 0.129 e. The molecule has 0 aliphatic carbocycles. The fourth-order valence-corrected chi connectivity index (χ4v) is 2.59. The van der Waals surface area contributed by atoms with Crippen LogP contribution in [0.3, 0.4) is 0 Å². The van der Waals surface area contributed by atoms with E-state index in [9.17, 15) is 0 Å². The molecule has 0 aromatic carbocycles. The Kier molecular flexibility index (Phi) is 4.67. The molecule has 2 atom stereocenters. The predicted octanol–water partition coefficient (Wildman–Crippen LogP) is 2.32. The number of alkyl halides is 1. The van der Waals surface area contributed by atoms with E-state index in [0.717, 1.165) is 24.5 Å². The Bertz CT molecular complexity index is 405. The summed E-state index contributed by atoms with van der Waals surface area (Å²) < 4.78 is 10.8. The second-order valence-corrected chi connectivity index (χ2v) is 4.90. The minimum absolute atomic E-state index is 0.0620. The Labute approximate surface area is 117 Å². The fraction of sp³-hybridized carbons (Fsp3) is 0.583. The molecule has 100 valence electrons. The van der Waals surface area contributed by atoms with E-state index in [1.54, 1.807) is 20.4 Å². The van der Waals surface area contributed by atoms with Crippen molar-refractivity contribution in [2.24, 2.45) is 0 Å². The lowest BCUT2D eigenvalue weighted by molar-refractivity contribution is -0.00461. The Morgan fingerprint density at radius 3 is 2.44 bits per heavy atom. The molecule has 1 aliphatic heterocycles. The molecule has 2 rings (SSSR count). The molecule has 18 heavy (non-hydrogen) atoms. The van der Waals surface area contributed by atoms with Gasteiger partial charge in [-0.2, -0.15) is 0 Å². The van der Waals surface area contributed by atoms with Crippen LogP contribution in [-0.4, -0.2) is 44.5 Å². The van der Waals surface area contributed by atoms with E-state index in [0.29, 0.717) is 10.9 Å². The molecule has 2 heterocycles. The first-order valence-corrected chi connectivity index (χ1v) is 6.61. The van der Waals surface area contributed by atoms with Gasteiger partial charge in [-0.3, -0.25) is 0 Å². The van der Waals surface area contributed by atoms with Crippen molar-refractivity contribution < 1.29 is 9.47 Å². The molecule has 0 radical (unpaired) electrons. The van der Waals surface area contributed by atoms with E-state index >= 15 is 0 Å². The highest BCUT2D eigenvalue weighted by Gasteiger charge is 2.33. The molecule has 0 N–H and O–H groups in total. The number of pyridine rings is 1. The molecular weight excluding hydrogens is 275 g/mol. The van der Waals surface area contributed by atoms with E-state index in [4.69, 9.17) is 32.7 Å².